The molecule has 3 heterocycles. The molecule has 10 nitrogen and oxygen atoms in total. The maximum atomic E-state index is 11.8. The van der Waals surface area contributed by atoms with Gasteiger partial charge in [-0.05, 0) is 6.07 Å². The number of hydrogen-bond acceptors (Lipinski definition) is 8. The van der Waals surface area contributed by atoms with Crippen LogP contribution in [0, 0.1) is 0 Å². The van der Waals surface area contributed by atoms with Crippen LogP contribution in [0.5, 0.6) is 0 Å². The van der Waals surface area contributed by atoms with E-state index in [4.69, 9.17) is 19.5 Å². The number of phosphoric ester groups is 1. The molecule has 0 spiro atoms. The molecule has 0 radical (unpaired) electrons. The van der Waals surface area contributed by atoms with E-state index >= 15 is 0 Å². The van der Waals surface area contributed by atoms with Crippen molar-refractivity contribution in [1.29, 1.82) is 0 Å². The molecule has 1 aromatic rings. The first-order valence-corrected chi connectivity index (χ1v) is 7.21. The van der Waals surface area contributed by atoms with Crippen molar-refractivity contribution in [2.45, 2.75) is 24.5 Å². The number of fused-ring (bicyclic) bond motifs is 1. The molecule has 0 amide bonds. The van der Waals surface area contributed by atoms with Gasteiger partial charge in [0.1, 0.15) is 24.1 Å². The summed E-state index contributed by atoms with van der Waals surface area (Å²) in [7, 11) is -4.21. The van der Waals surface area contributed by atoms with Gasteiger partial charge in [-0.25, -0.2) is 9.36 Å². The number of hydrogen-bond donors (Lipinski definition) is 3. The van der Waals surface area contributed by atoms with Crippen LogP contribution in [0.4, 0.5) is 5.82 Å². The largest absolute Gasteiger partial charge is 2.00 e. The van der Waals surface area contributed by atoms with Crippen molar-refractivity contribution in [1.82, 2.24) is 9.55 Å². The monoisotopic (exact) mass is 445 g/mol. The van der Waals surface area contributed by atoms with E-state index in [0.29, 0.717) is 0 Å². The Labute approximate surface area is 161 Å². The molecule has 12 heteroatoms. The first kappa shape index (κ1) is 17.6. The summed E-state index contributed by atoms with van der Waals surface area (Å²) in [5, 5.41) is 9.21. The molecule has 2 saturated heterocycles. The van der Waals surface area contributed by atoms with Crippen LogP contribution in [-0.2, 0) is 18.3 Å². The predicted molar refractivity (Wildman–Crippen MR) is 71.5 cm³/mol. The van der Waals surface area contributed by atoms with E-state index in [0.717, 1.165) is 4.57 Å². The third kappa shape index (κ3) is 3.31. The predicted octanol–water partition coefficient (Wildman–Crippen LogP) is -1.56. The van der Waals surface area contributed by atoms with Crippen LogP contribution in [0.15, 0.2) is 17.1 Å². The molecule has 3 rings (SSSR count). The minimum atomic E-state index is -4.21. The SMILES string of the molecule is Nc1ccn(C2OC(CO)C3OP(=O)(O)OC32)c(=O)n1.[Ba+2].[H-].[H-]. The van der Waals surface area contributed by atoms with Crippen molar-refractivity contribution in [3.63, 3.8) is 0 Å². The van der Waals surface area contributed by atoms with Gasteiger partial charge in [0.15, 0.2) is 6.23 Å². The van der Waals surface area contributed by atoms with Gasteiger partial charge >= 0.3 is 62.4 Å². The van der Waals surface area contributed by atoms with Crippen LogP contribution in [0.1, 0.15) is 9.08 Å². The van der Waals surface area contributed by atoms with Crippen molar-refractivity contribution in [2.24, 2.45) is 0 Å². The van der Waals surface area contributed by atoms with E-state index in [2.05, 4.69) is 4.98 Å². The number of ether oxygens (including phenoxy) is 1. The number of nitrogens with zero attached hydrogens (tertiary/aromatic N) is 2. The molecule has 5 atom stereocenters. The van der Waals surface area contributed by atoms with Gasteiger partial charge in [-0.2, -0.15) is 4.98 Å². The first-order chi connectivity index (χ1) is 9.41. The Morgan fingerprint density at radius 3 is 2.76 bits per heavy atom. The van der Waals surface area contributed by atoms with Crippen molar-refractivity contribution < 1.29 is 31.2 Å². The summed E-state index contributed by atoms with van der Waals surface area (Å²) in [6.07, 6.45) is -2.51. The maximum absolute atomic E-state index is 11.8. The van der Waals surface area contributed by atoms with Crippen molar-refractivity contribution in [3.8, 4) is 0 Å². The fourth-order valence-electron chi connectivity index (χ4n) is 2.27. The maximum Gasteiger partial charge on any atom is 2.00 e. The Kier molecular flexibility index (Phi) is 5.39. The summed E-state index contributed by atoms with van der Waals surface area (Å²) in [6, 6.07) is 1.38. The third-order valence-electron chi connectivity index (χ3n) is 3.10. The second-order valence-electron chi connectivity index (χ2n) is 4.40. The van der Waals surface area contributed by atoms with Gasteiger partial charge in [0.25, 0.3) is 0 Å². The molecule has 21 heavy (non-hydrogen) atoms. The topological polar surface area (TPSA) is 146 Å². The molecule has 0 aliphatic carbocycles. The molecule has 0 bridgehead atoms. The van der Waals surface area contributed by atoms with Crippen LogP contribution < -0.4 is 11.4 Å². The number of nitrogen functional groups attached to an aromatic ring is 1. The summed E-state index contributed by atoms with van der Waals surface area (Å²) in [5.41, 5.74) is 4.69. The fourth-order valence-corrected chi connectivity index (χ4v) is 3.42. The minimum absolute atomic E-state index is 0. The molecule has 5 unspecified atom stereocenters. The van der Waals surface area contributed by atoms with Gasteiger partial charge in [-0.3, -0.25) is 13.6 Å². The average Bonchev–Trinajstić information content (AvgIpc) is 2.83. The van der Waals surface area contributed by atoms with E-state index in [-0.39, 0.29) is 57.6 Å². The smallest absolute Gasteiger partial charge is 1.00 e. The zero-order valence-electron chi connectivity index (χ0n) is 12.7. The number of rotatable bonds is 2. The Bertz CT molecular complexity index is 650. The molecule has 0 saturated carbocycles. The number of anilines is 1. The van der Waals surface area contributed by atoms with Gasteiger partial charge < -0.3 is 23.3 Å². The summed E-state index contributed by atoms with van der Waals surface area (Å²) >= 11 is 0. The zero-order chi connectivity index (χ0) is 14.5. The zero-order valence-corrected chi connectivity index (χ0v) is 16.1. The molecule has 2 aliphatic rings. The second-order valence-corrected chi connectivity index (χ2v) is 5.76. The van der Waals surface area contributed by atoms with Crippen molar-refractivity contribution in [2.75, 3.05) is 12.3 Å². The fraction of sp³-hybridized carbons (Fsp3) is 0.556. The van der Waals surface area contributed by atoms with Gasteiger partial charge in [-0.15, -0.1) is 0 Å². The first-order valence-electron chi connectivity index (χ1n) is 5.72. The Balaban J connectivity index is 0.00000161. The number of aromatic nitrogens is 2. The molecule has 4 N–H and O–H groups in total. The average molecular weight is 445 g/mol. The Morgan fingerprint density at radius 1 is 1.48 bits per heavy atom. The van der Waals surface area contributed by atoms with Crippen LogP contribution in [0.25, 0.3) is 0 Å². The molecule has 2 fully saturated rings. The summed E-state index contributed by atoms with van der Waals surface area (Å²) in [5.74, 6) is 0.0379. The van der Waals surface area contributed by atoms with Crippen LogP contribution >= 0.6 is 7.82 Å². The van der Waals surface area contributed by atoms with Gasteiger partial charge in [0.2, 0.25) is 0 Å². The van der Waals surface area contributed by atoms with E-state index in [1.165, 1.54) is 12.3 Å². The van der Waals surface area contributed by atoms with E-state index < -0.39 is 44.7 Å². The number of aliphatic hydroxyl groups excluding tert-OH is 1. The third-order valence-corrected chi connectivity index (χ3v) is 4.12. The van der Waals surface area contributed by atoms with E-state index in [1.807, 2.05) is 0 Å². The Hall–Kier alpha value is 0.281. The minimum Gasteiger partial charge on any atom is -1.00 e. The molecule has 2 aliphatic heterocycles. The van der Waals surface area contributed by atoms with E-state index in [1.54, 1.807) is 0 Å². The quantitative estimate of drug-likeness (QED) is 0.364. The molecular formula is C9H14BaN3O7P. The van der Waals surface area contributed by atoms with Gasteiger partial charge in [-0.1, -0.05) is 0 Å². The van der Waals surface area contributed by atoms with Crippen LogP contribution in [0.2, 0.25) is 0 Å². The van der Waals surface area contributed by atoms with Crippen LogP contribution in [0.3, 0.4) is 0 Å². The van der Waals surface area contributed by atoms with E-state index in [9.17, 15) is 19.4 Å². The summed E-state index contributed by atoms with van der Waals surface area (Å²) in [4.78, 5) is 24.7. The summed E-state index contributed by atoms with van der Waals surface area (Å²) < 4.78 is 27.7. The number of aliphatic hydroxyl groups is 1. The second kappa shape index (κ2) is 6.42. The number of nitrogens with two attached hydrogens (primary N) is 1. The standard InChI is InChI=1S/C9H12N3O7P.Ba.2H/c10-5-1-2-12(9(14)11-5)8-7-6(4(3-13)17-8)18-20(15,16)19-7;;;/h1-2,4,6-8,13H,3H2,(H,15,16)(H2,10,11,14);;;/q;+2;2*-1. The Morgan fingerprint density at radius 2 is 2.14 bits per heavy atom. The van der Waals surface area contributed by atoms with Crippen molar-refractivity contribution in [3.05, 3.63) is 22.7 Å². The summed E-state index contributed by atoms with van der Waals surface area (Å²) in [6.45, 7) is -0.446. The van der Waals surface area contributed by atoms with Crippen LogP contribution in [-0.4, -0.2) is 93.4 Å². The van der Waals surface area contributed by atoms with Gasteiger partial charge in [0, 0.05) is 6.20 Å². The molecule has 0 aromatic carbocycles. The van der Waals surface area contributed by atoms with Crippen molar-refractivity contribution >= 4 is 62.5 Å². The number of phosphoric acid groups is 1. The molecule has 1 aromatic heterocycles. The van der Waals surface area contributed by atoms with Gasteiger partial charge in [0.05, 0.1) is 6.61 Å². The molecular weight excluding hydrogens is 430 g/mol. The molecule has 114 valence electrons. The normalized spacial score (nSPS) is 38.0.